The summed E-state index contributed by atoms with van der Waals surface area (Å²) in [5.74, 6) is 0.266. The van der Waals surface area contributed by atoms with Gasteiger partial charge in [-0.1, -0.05) is 23.2 Å². The third-order valence-corrected chi connectivity index (χ3v) is 5.88. The number of hydrogen-bond acceptors (Lipinski definition) is 7. The first-order valence-electron chi connectivity index (χ1n) is 8.07. The van der Waals surface area contributed by atoms with Crippen molar-refractivity contribution in [1.29, 1.82) is 0 Å². The molecular formula is C18H11BrCl2N4O4S. The van der Waals surface area contributed by atoms with Crippen LogP contribution in [0.1, 0.15) is 11.1 Å². The van der Waals surface area contributed by atoms with Crippen LogP contribution in [0.25, 0.3) is 6.08 Å². The first-order chi connectivity index (χ1) is 14.3. The fourth-order valence-electron chi connectivity index (χ4n) is 2.33. The van der Waals surface area contributed by atoms with Gasteiger partial charge in [0.05, 0.1) is 27.6 Å². The van der Waals surface area contributed by atoms with Gasteiger partial charge in [0.25, 0.3) is 11.6 Å². The minimum absolute atomic E-state index is 0.0857. The molecule has 2 aromatic carbocycles. The average molecular weight is 530 g/mol. The Balaban J connectivity index is 1.79. The summed E-state index contributed by atoms with van der Waals surface area (Å²) in [6.07, 6.45) is 2.95. The molecule has 0 aliphatic carbocycles. The molecule has 1 heterocycles. The number of methoxy groups -OCH3 is 1. The number of nitro groups is 1. The lowest BCUT2D eigenvalue weighted by molar-refractivity contribution is -0.384. The van der Waals surface area contributed by atoms with Crippen LogP contribution in [-0.2, 0) is 4.79 Å². The molecule has 0 radical (unpaired) electrons. The Kier molecular flexibility index (Phi) is 7.14. The van der Waals surface area contributed by atoms with E-state index < -0.39 is 10.8 Å². The maximum Gasteiger partial charge on any atom is 0.288 e. The van der Waals surface area contributed by atoms with E-state index in [-0.39, 0.29) is 25.8 Å². The second-order valence-corrected chi connectivity index (χ2v) is 8.39. The summed E-state index contributed by atoms with van der Waals surface area (Å²) in [4.78, 5) is 22.9. The zero-order chi connectivity index (χ0) is 21.8. The molecule has 1 saturated heterocycles. The highest BCUT2D eigenvalue weighted by Crippen LogP contribution is 2.34. The van der Waals surface area contributed by atoms with Crippen molar-refractivity contribution in [2.24, 2.45) is 10.2 Å². The zero-order valence-corrected chi connectivity index (χ0v) is 19.0. The van der Waals surface area contributed by atoms with Crippen molar-refractivity contribution in [2.45, 2.75) is 0 Å². The van der Waals surface area contributed by atoms with Gasteiger partial charge in [-0.05, 0) is 63.6 Å². The molecule has 1 amide bonds. The van der Waals surface area contributed by atoms with Crippen molar-refractivity contribution in [2.75, 3.05) is 7.11 Å². The molecule has 1 N–H and O–H groups in total. The van der Waals surface area contributed by atoms with Crippen molar-refractivity contribution in [3.63, 3.8) is 0 Å². The van der Waals surface area contributed by atoms with Crippen LogP contribution in [0.3, 0.4) is 0 Å². The van der Waals surface area contributed by atoms with Crippen molar-refractivity contribution < 1.29 is 14.5 Å². The van der Waals surface area contributed by atoms with Gasteiger partial charge in [0.1, 0.15) is 10.8 Å². The number of amidine groups is 1. The standard InChI is InChI=1S/C18H11BrCl2N4O4S/c1-29-15-3-2-9(4-11(15)19)8-22-24-18-23-17(26)16(30-18)6-10-5-14(25(27)28)13(21)7-12(10)20/h2-8H,1H3,(H,23,24,26)/b16-6+,22-8-. The molecule has 0 atom stereocenters. The minimum atomic E-state index is -0.623. The van der Waals surface area contributed by atoms with Crippen LogP contribution >= 0.6 is 50.9 Å². The minimum Gasteiger partial charge on any atom is -0.496 e. The molecule has 0 bridgehead atoms. The van der Waals surface area contributed by atoms with E-state index in [1.165, 1.54) is 24.4 Å². The lowest BCUT2D eigenvalue weighted by Crippen LogP contribution is -2.19. The first kappa shape index (κ1) is 22.3. The average Bonchev–Trinajstić information content (AvgIpc) is 3.03. The van der Waals surface area contributed by atoms with Gasteiger partial charge in [-0.2, -0.15) is 5.10 Å². The Morgan fingerprint density at radius 1 is 1.27 bits per heavy atom. The lowest BCUT2D eigenvalue weighted by Gasteiger charge is -2.02. The molecule has 12 heteroatoms. The quantitative estimate of drug-likeness (QED) is 0.246. The fourth-order valence-corrected chi connectivity index (χ4v) is 4.17. The van der Waals surface area contributed by atoms with Crippen LogP contribution in [-0.4, -0.2) is 29.3 Å². The highest BCUT2D eigenvalue weighted by molar-refractivity contribution is 9.10. The van der Waals surface area contributed by atoms with Gasteiger partial charge in [-0.25, -0.2) is 0 Å². The number of halogens is 3. The Morgan fingerprint density at radius 2 is 2.03 bits per heavy atom. The SMILES string of the molecule is COc1ccc(/C=N\N=C2\NC(=O)/C(=C\c3cc([N+](=O)[O-])c(Cl)cc3Cl)S2)cc1Br. The maximum absolute atomic E-state index is 12.2. The molecular weight excluding hydrogens is 519 g/mol. The predicted octanol–water partition coefficient (Wildman–Crippen LogP) is 5.27. The van der Waals surface area contributed by atoms with Crippen molar-refractivity contribution >= 4 is 79.9 Å². The molecule has 8 nitrogen and oxygen atoms in total. The predicted molar refractivity (Wildman–Crippen MR) is 123 cm³/mol. The maximum atomic E-state index is 12.2. The molecule has 3 rings (SSSR count). The number of benzene rings is 2. The van der Waals surface area contributed by atoms with Gasteiger partial charge in [0.15, 0.2) is 5.17 Å². The Morgan fingerprint density at radius 3 is 2.70 bits per heavy atom. The monoisotopic (exact) mass is 528 g/mol. The number of nitro benzene ring substituents is 1. The first-order valence-corrected chi connectivity index (χ1v) is 10.4. The molecule has 0 spiro atoms. The normalized spacial score (nSPS) is 16.5. The highest BCUT2D eigenvalue weighted by Gasteiger charge is 2.25. The number of carbonyl (C=O) groups is 1. The van der Waals surface area contributed by atoms with Gasteiger partial charge in [0, 0.05) is 16.7 Å². The number of thioether (sulfide) groups is 1. The summed E-state index contributed by atoms with van der Waals surface area (Å²) >= 11 is 16.3. The van der Waals surface area contributed by atoms with E-state index in [2.05, 4.69) is 31.4 Å². The van der Waals surface area contributed by atoms with Crippen molar-refractivity contribution in [1.82, 2.24) is 5.32 Å². The van der Waals surface area contributed by atoms with Crippen LogP contribution in [0.15, 0.2) is 49.9 Å². The molecule has 154 valence electrons. The summed E-state index contributed by atoms with van der Waals surface area (Å²) in [6, 6.07) is 7.86. The molecule has 1 aliphatic heterocycles. The van der Waals surface area contributed by atoms with E-state index in [1.807, 2.05) is 6.07 Å². The zero-order valence-electron chi connectivity index (χ0n) is 15.1. The van der Waals surface area contributed by atoms with Crippen LogP contribution in [0.5, 0.6) is 5.75 Å². The molecule has 0 aromatic heterocycles. The fraction of sp³-hybridized carbons (Fsp3) is 0.0556. The number of rotatable bonds is 5. The molecule has 30 heavy (non-hydrogen) atoms. The van der Waals surface area contributed by atoms with Gasteiger partial charge < -0.3 is 4.74 Å². The summed E-state index contributed by atoms with van der Waals surface area (Å²) in [7, 11) is 1.57. The van der Waals surface area contributed by atoms with E-state index in [0.29, 0.717) is 11.3 Å². The van der Waals surface area contributed by atoms with Gasteiger partial charge in [0.2, 0.25) is 0 Å². The number of carbonyl (C=O) groups excluding carboxylic acids is 1. The largest absolute Gasteiger partial charge is 0.496 e. The van der Waals surface area contributed by atoms with Gasteiger partial charge >= 0.3 is 0 Å². The molecule has 1 fully saturated rings. The molecule has 0 saturated carbocycles. The van der Waals surface area contributed by atoms with E-state index in [0.717, 1.165) is 21.8 Å². The van der Waals surface area contributed by atoms with Crippen molar-refractivity contribution in [3.05, 3.63) is 71.0 Å². The smallest absolute Gasteiger partial charge is 0.288 e. The van der Waals surface area contributed by atoms with E-state index in [9.17, 15) is 14.9 Å². The number of hydrogen-bond donors (Lipinski definition) is 1. The summed E-state index contributed by atoms with van der Waals surface area (Å²) in [5, 5.41) is 21.9. The van der Waals surface area contributed by atoms with E-state index >= 15 is 0 Å². The van der Waals surface area contributed by atoms with Crippen LogP contribution in [0.2, 0.25) is 10.0 Å². The van der Waals surface area contributed by atoms with E-state index in [4.69, 9.17) is 27.9 Å². The highest BCUT2D eigenvalue weighted by atomic mass is 79.9. The summed E-state index contributed by atoms with van der Waals surface area (Å²) < 4.78 is 5.93. The molecule has 0 unspecified atom stereocenters. The number of nitrogens with zero attached hydrogens (tertiary/aromatic N) is 3. The van der Waals surface area contributed by atoms with Crippen LogP contribution < -0.4 is 10.1 Å². The third-order valence-electron chi connectivity index (χ3n) is 3.73. The van der Waals surface area contributed by atoms with Gasteiger partial charge in [-0.3, -0.25) is 20.2 Å². The molecule has 1 aliphatic rings. The molecule has 2 aromatic rings. The summed E-state index contributed by atoms with van der Waals surface area (Å²) in [6.45, 7) is 0. The Labute approximate surface area is 193 Å². The Bertz CT molecular complexity index is 1140. The number of nitrogens with one attached hydrogen (secondary N) is 1. The van der Waals surface area contributed by atoms with Gasteiger partial charge in [-0.15, -0.1) is 5.10 Å². The Hall–Kier alpha value is -2.40. The third kappa shape index (κ3) is 5.20. The summed E-state index contributed by atoms with van der Waals surface area (Å²) in [5.41, 5.74) is 0.760. The van der Waals surface area contributed by atoms with Crippen LogP contribution in [0.4, 0.5) is 5.69 Å². The second kappa shape index (κ2) is 9.61. The topological polar surface area (TPSA) is 106 Å². The second-order valence-electron chi connectivity index (χ2n) is 5.69. The number of amides is 1. The lowest BCUT2D eigenvalue weighted by atomic mass is 10.2. The van der Waals surface area contributed by atoms with Crippen LogP contribution in [0, 0.1) is 10.1 Å². The van der Waals surface area contributed by atoms with Crippen molar-refractivity contribution in [3.8, 4) is 5.75 Å². The van der Waals surface area contributed by atoms with E-state index in [1.54, 1.807) is 19.2 Å². The number of ether oxygens (including phenoxy) is 1.